The van der Waals surface area contributed by atoms with Crippen molar-refractivity contribution >= 4 is 29.7 Å². The SMILES string of the molecule is COc1cc(Cn2cc[n+](/N=C/c3ccc(N(C)C)cc3)c2/C=C/c2ccc(N(C)C)cc2)cc(OC)c1OC.[Br-]. The van der Waals surface area contributed by atoms with E-state index in [4.69, 9.17) is 19.3 Å². The fraction of sp³-hybridized carbons (Fsp3) is 0.250. The van der Waals surface area contributed by atoms with Crippen molar-refractivity contribution in [2.45, 2.75) is 6.54 Å². The monoisotopic (exact) mass is 619 g/mol. The highest BCUT2D eigenvalue weighted by Gasteiger charge is 2.18. The summed E-state index contributed by atoms with van der Waals surface area (Å²) in [6.45, 7) is 0.579. The fourth-order valence-electron chi connectivity index (χ4n) is 4.30. The first-order chi connectivity index (χ1) is 19.3. The van der Waals surface area contributed by atoms with Crippen LogP contribution in [-0.4, -0.2) is 60.3 Å². The molecule has 4 aromatic rings. The van der Waals surface area contributed by atoms with E-state index in [1.807, 2.05) is 63.6 Å². The Labute approximate surface area is 253 Å². The number of hydrogen-bond acceptors (Lipinski definition) is 6. The molecule has 4 rings (SSSR count). The Morgan fingerprint density at radius 2 is 1.29 bits per heavy atom. The third-order valence-electron chi connectivity index (χ3n) is 6.57. The van der Waals surface area contributed by atoms with E-state index in [1.54, 1.807) is 21.3 Å². The third-order valence-corrected chi connectivity index (χ3v) is 6.57. The molecule has 0 aliphatic carbocycles. The van der Waals surface area contributed by atoms with Gasteiger partial charge in [0.2, 0.25) is 5.75 Å². The van der Waals surface area contributed by atoms with E-state index in [0.717, 1.165) is 33.9 Å². The Kier molecular flexibility index (Phi) is 11.0. The minimum absolute atomic E-state index is 0. The largest absolute Gasteiger partial charge is 1.00 e. The average molecular weight is 621 g/mol. The van der Waals surface area contributed by atoms with Crippen LogP contribution in [0.4, 0.5) is 11.4 Å². The molecule has 0 atom stereocenters. The summed E-state index contributed by atoms with van der Waals surface area (Å²) >= 11 is 0. The Balaban J connectivity index is 0.00000462. The number of nitrogens with zero attached hydrogens (tertiary/aromatic N) is 5. The number of aromatic nitrogens is 2. The summed E-state index contributed by atoms with van der Waals surface area (Å²) in [5.41, 5.74) is 5.42. The summed E-state index contributed by atoms with van der Waals surface area (Å²) in [4.78, 5) is 4.16. The zero-order chi connectivity index (χ0) is 28.6. The molecule has 1 heterocycles. The van der Waals surface area contributed by atoms with Crippen molar-refractivity contribution in [3.05, 3.63) is 95.6 Å². The van der Waals surface area contributed by atoms with Crippen LogP contribution in [0, 0.1) is 0 Å². The minimum atomic E-state index is 0. The number of hydrogen-bond donors (Lipinski definition) is 0. The van der Waals surface area contributed by atoms with Crippen LogP contribution in [0.2, 0.25) is 0 Å². The lowest BCUT2D eigenvalue weighted by Crippen LogP contribution is -3.00. The molecular weight excluding hydrogens is 582 g/mol. The molecular formula is C32H38BrN5O3. The van der Waals surface area contributed by atoms with Crippen LogP contribution >= 0.6 is 0 Å². The summed E-state index contributed by atoms with van der Waals surface area (Å²) in [5, 5.41) is 4.79. The van der Waals surface area contributed by atoms with Crippen LogP contribution in [0.5, 0.6) is 17.2 Å². The number of anilines is 2. The molecule has 0 bridgehead atoms. The predicted octanol–water partition coefficient (Wildman–Crippen LogP) is 2.04. The van der Waals surface area contributed by atoms with Gasteiger partial charge in [0.1, 0.15) is 12.7 Å². The molecule has 0 N–H and O–H groups in total. The summed E-state index contributed by atoms with van der Waals surface area (Å²) < 4.78 is 20.7. The van der Waals surface area contributed by atoms with Crippen LogP contribution in [0.3, 0.4) is 0 Å². The van der Waals surface area contributed by atoms with Gasteiger partial charge < -0.3 is 41.0 Å². The third kappa shape index (κ3) is 7.70. The maximum Gasteiger partial charge on any atom is 0.307 e. The van der Waals surface area contributed by atoms with E-state index >= 15 is 0 Å². The molecule has 3 aromatic carbocycles. The van der Waals surface area contributed by atoms with Gasteiger partial charge in [0.25, 0.3) is 0 Å². The molecule has 0 saturated heterocycles. The van der Waals surface area contributed by atoms with Crippen molar-refractivity contribution in [2.75, 3.05) is 59.3 Å². The molecule has 0 aliphatic heterocycles. The smallest absolute Gasteiger partial charge is 0.307 e. The molecule has 8 nitrogen and oxygen atoms in total. The first kappa shape index (κ1) is 31.3. The number of benzene rings is 3. The van der Waals surface area contributed by atoms with Crippen LogP contribution in [0.1, 0.15) is 22.5 Å². The zero-order valence-corrected chi connectivity index (χ0v) is 26.3. The highest BCUT2D eigenvalue weighted by atomic mass is 79.9. The topological polar surface area (TPSA) is 55.3 Å². The lowest BCUT2D eigenvalue weighted by atomic mass is 10.1. The van der Waals surface area contributed by atoms with Gasteiger partial charge in [-0.05, 0) is 53.6 Å². The Morgan fingerprint density at radius 1 is 0.756 bits per heavy atom. The van der Waals surface area contributed by atoms with E-state index in [9.17, 15) is 0 Å². The molecule has 0 amide bonds. The molecule has 1 aromatic heterocycles. The van der Waals surface area contributed by atoms with Crippen molar-refractivity contribution in [1.29, 1.82) is 0 Å². The van der Waals surface area contributed by atoms with Crippen molar-refractivity contribution in [3.8, 4) is 17.2 Å². The van der Waals surface area contributed by atoms with Gasteiger partial charge in [0, 0.05) is 51.2 Å². The molecule has 0 radical (unpaired) electrons. The molecule has 41 heavy (non-hydrogen) atoms. The van der Waals surface area contributed by atoms with Crippen molar-refractivity contribution in [3.63, 3.8) is 0 Å². The van der Waals surface area contributed by atoms with Gasteiger partial charge >= 0.3 is 5.82 Å². The summed E-state index contributed by atoms with van der Waals surface area (Å²) in [7, 11) is 13.0. The van der Waals surface area contributed by atoms with Crippen molar-refractivity contribution in [1.82, 2.24) is 4.57 Å². The Bertz CT molecular complexity index is 1450. The second kappa shape index (κ2) is 14.4. The second-order valence-electron chi connectivity index (χ2n) is 9.71. The van der Waals surface area contributed by atoms with E-state index in [1.165, 1.54) is 0 Å². The standard InChI is InChI=1S/C32H38N5O3.BrH/c1-34(2)27-13-8-24(9-14-27)12-17-31-36(23-26-20-29(38-5)32(40-7)30(21-26)39-6)18-19-37(31)33-22-25-10-15-28(16-11-25)35(3)4;/h8-22H,23H2,1-7H3;1H/q+1;/p-1/b33-22+;. The molecule has 9 heteroatoms. The number of halogens is 1. The average Bonchev–Trinajstić information content (AvgIpc) is 3.35. The van der Waals surface area contributed by atoms with Gasteiger partial charge in [-0.2, -0.15) is 0 Å². The van der Waals surface area contributed by atoms with E-state index in [0.29, 0.717) is 23.8 Å². The molecule has 0 fully saturated rings. The van der Waals surface area contributed by atoms with Crippen molar-refractivity contribution < 1.29 is 35.9 Å². The number of ether oxygens (including phenoxy) is 3. The van der Waals surface area contributed by atoms with Crippen LogP contribution < -0.4 is 45.7 Å². The molecule has 216 valence electrons. The number of rotatable bonds is 11. The minimum Gasteiger partial charge on any atom is -1.00 e. The van der Waals surface area contributed by atoms with E-state index in [2.05, 4.69) is 75.0 Å². The quantitative estimate of drug-likeness (QED) is 0.190. The zero-order valence-electron chi connectivity index (χ0n) is 24.7. The molecule has 0 unspecified atom stereocenters. The molecule has 0 spiro atoms. The molecule has 0 saturated carbocycles. The molecule has 0 aliphatic rings. The van der Waals surface area contributed by atoms with Gasteiger partial charge in [-0.15, -0.1) is 4.68 Å². The summed E-state index contributed by atoms with van der Waals surface area (Å²) in [6.07, 6.45) is 10.0. The van der Waals surface area contributed by atoms with Gasteiger partial charge in [0.15, 0.2) is 17.7 Å². The normalized spacial score (nSPS) is 11.0. The van der Waals surface area contributed by atoms with E-state index < -0.39 is 0 Å². The van der Waals surface area contributed by atoms with Crippen LogP contribution in [0.25, 0.3) is 12.2 Å². The lowest BCUT2D eigenvalue weighted by molar-refractivity contribution is -0.679. The van der Waals surface area contributed by atoms with Gasteiger partial charge in [-0.3, -0.25) is 0 Å². The fourth-order valence-corrected chi connectivity index (χ4v) is 4.30. The maximum absolute atomic E-state index is 5.57. The first-order valence-corrected chi connectivity index (χ1v) is 13.0. The summed E-state index contributed by atoms with van der Waals surface area (Å²) in [5.74, 6) is 2.72. The summed E-state index contributed by atoms with van der Waals surface area (Å²) in [6, 6.07) is 20.7. The van der Waals surface area contributed by atoms with Gasteiger partial charge in [0.05, 0.1) is 27.5 Å². The lowest BCUT2D eigenvalue weighted by Gasteiger charge is -2.13. The van der Waals surface area contributed by atoms with Crippen molar-refractivity contribution in [2.24, 2.45) is 5.10 Å². The predicted molar refractivity (Wildman–Crippen MR) is 163 cm³/mol. The highest BCUT2D eigenvalue weighted by Crippen LogP contribution is 2.38. The highest BCUT2D eigenvalue weighted by molar-refractivity contribution is 5.79. The van der Waals surface area contributed by atoms with E-state index in [-0.39, 0.29) is 17.0 Å². The number of imidazole rings is 1. The van der Waals surface area contributed by atoms with Crippen LogP contribution in [0.15, 0.2) is 78.2 Å². The Hall–Kier alpha value is -4.24. The second-order valence-corrected chi connectivity index (χ2v) is 9.71. The number of methoxy groups -OCH3 is 3. The van der Waals surface area contributed by atoms with Gasteiger partial charge in [-0.1, -0.05) is 29.4 Å². The van der Waals surface area contributed by atoms with Crippen LogP contribution in [-0.2, 0) is 6.54 Å². The first-order valence-electron chi connectivity index (χ1n) is 13.0. The maximum atomic E-state index is 5.57. The Morgan fingerprint density at radius 3 is 1.78 bits per heavy atom. The van der Waals surface area contributed by atoms with Gasteiger partial charge in [-0.25, -0.2) is 4.57 Å².